The first kappa shape index (κ1) is 20.6. The van der Waals surface area contributed by atoms with Gasteiger partial charge in [-0.25, -0.2) is 4.39 Å². The van der Waals surface area contributed by atoms with Gasteiger partial charge in [0.25, 0.3) is 0 Å². The van der Waals surface area contributed by atoms with Crippen LogP contribution in [0.5, 0.6) is 11.5 Å². The van der Waals surface area contributed by atoms with Gasteiger partial charge < -0.3 is 9.47 Å². The highest BCUT2D eigenvalue weighted by Gasteiger charge is 2.09. The summed E-state index contributed by atoms with van der Waals surface area (Å²) in [6.07, 6.45) is 0.635. The molecule has 0 bridgehead atoms. The Balaban J connectivity index is 1.74. The number of ether oxygens (including phenoxy) is 2. The van der Waals surface area contributed by atoms with E-state index in [4.69, 9.17) is 9.47 Å². The average Bonchev–Trinajstić information content (AvgIpc) is 2.69. The summed E-state index contributed by atoms with van der Waals surface area (Å²) in [5.41, 5.74) is 5.55. The lowest BCUT2D eigenvalue weighted by Crippen LogP contribution is -2.42. The third-order valence-corrected chi connectivity index (χ3v) is 4.64. The van der Waals surface area contributed by atoms with Gasteiger partial charge in [-0.05, 0) is 36.2 Å². The highest BCUT2D eigenvalue weighted by atomic mass is 32.2. The number of halogens is 1. The van der Waals surface area contributed by atoms with Gasteiger partial charge in [0.2, 0.25) is 11.8 Å². The fraction of sp³-hybridized carbons (Fsp3) is 0.263. The van der Waals surface area contributed by atoms with E-state index in [-0.39, 0.29) is 23.9 Å². The third-order valence-electron chi connectivity index (χ3n) is 3.59. The van der Waals surface area contributed by atoms with Gasteiger partial charge in [0, 0.05) is 17.4 Å². The van der Waals surface area contributed by atoms with Crippen molar-refractivity contribution in [1.82, 2.24) is 10.9 Å². The van der Waals surface area contributed by atoms with Crippen LogP contribution in [0.1, 0.15) is 12.0 Å². The van der Waals surface area contributed by atoms with Crippen LogP contribution >= 0.6 is 11.8 Å². The number of carbonyl (C=O) groups is 2. The highest BCUT2D eigenvalue weighted by molar-refractivity contribution is 8.00. The molecule has 6 nitrogen and oxygen atoms in total. The molecule has 0 spiro atoms. The number of methoxy groups -OCH3 is 2. The monoisotopic (exact) mass is 392 g/mol. The number of benzene rings is 2. The Hall–Kier alpha value is -2.74. The summed E-state index contributed by atoms with van der Waals surface area (Å²) in [5, 5.41) is 0. The van der Waals surface area contributed by atoms with Crippen LogP contribution in [0.25, 0.3) is 0 Å². The molecular formula is C19H21FN2O4S. The summed E-state index contributed by atoms with van der Waals surface area (Å²) in [6, 6.07) is 11.6. The maximum atomic E-state index is 13.5. The van der Waals surface area contributed by atoms with Gasteiger partial charge in [0.1, 0.15) is 17.3 Å². The minimum Gasteiger partial charge on any atom is -0.497 e. The van der Waals surface area contributed by atoms with Crippen LogP contribution in [-0.4, -0.2) is 31.8 Å². The van der Waals surface area contributed by atoms with E-state index >= 15 is 0 Å². The molecule has 2 aromatic rings. The summed E-state index contributed by atoms with van der Waals surface area (Å²) < 4.78 is 23.9. The highest BCUT2D eigenvalue weighted by Crippen LogP contribution is 2.23. The Labute approximate surface area is 161 Å². The van der Waals surface area contributed by atoms with Gasteiger partial charge >= 0.3 is 0 Å². The van der Waals surface area contributed by atoms with Crippen LogP contribution < -0.4 is 20.3 Å². The Morgan fingerprint density at radius 2 is 1.63 bits per heavy atom. The summed E-state index contributed by atoms with van der Waals surface area (Å²) >= 11 is 1.06. The summed E-state index contributed by atoms with van der Waals surface area (Å²) in [6.45, 7) is 0. The van der Waals surface area contributed by atoms with Gasteiger partial charge in [-0.15, -0.1) is 11.8 Å². The van der Waals surface area contributed by atoms with E-state index in [1.807, 2.05) is 12.1 Å². The van der Waals surface area contributed by atoms with Crippen molar-refractivity contribution < 1.29 is 23.5 Å². The first-order valence-corrected chi connectivity index (χ1v) is 9.17. The van der Waals surface area contributed by atoms with E-state index in [0.717, 1.165) is 17.3 Å². The van der Waals surface area contributed by atoms with Crippen LogP contribution in [-0.2, 0) is 16.0 Å². The molecule has 0 saturated carbocycles. The van der Waals surface area contributed by atoms with Gasteiger partial charge in [-0.2, -0.15) is 0 Å². The summed E-state index contributed by atoms with van der Waals surface area (Å²) in [5.74, 6) is 0.147. The maximum Gasteiger partial charge on any atom is 0.248 e. The normalized spacial score (nSPS) is 10.2. The summed E-state index contributed by atoms with van der Waals surface area (Å²) in [4.78, 5) is 24.1. The number of hydrogen-bond donors (Lipinski definition) is 2. The van der Waals surface area contributed by atoms with Gasteiger partial charge in [-0.3, -0.25) is 20.4 Å². The van der Waals surface area contributed by atoms with Crippen LogP contribution in [0.15, 0.2) is 47.4 Å². The van der Waals surface area contributed by atoms with E-state index in [0.29, 0.717) is 22.8 Å². The van der Waals surface area contributed by atoms with Crippen molar-refractivity contribution in [3.05, 3.63) is 53.8 Å². The minimum atomic E-state index is -0.417. The summed E-state index contributed by atoms with van der Waals surface area (Å²) in [7, 11) is 3.11. The first-order chi connectivity index (χ1) is 13.0. The molecule has 0 unspecified atom stereocenters. The lowest BCUT2D eigenvalue weighted by atomic mass is 10.1. The molecule has 0 heterocycles. The van der Waals surface area contributed by atoms with Crippen LogP contribution in [0, 0.1) is 5.82 Å². The molecule has 0 radical (unpaired) electrons. The molecule has 0 aliphatic carbocycles. The molecule has 2 N–H and O–H groups in total. The van der Waals surface area contributed by atoms with E-state index < -0.39 is 5.91 Å². The molecular weight excluding hydrogens is 371 g/mol. The molecule has 2 rings (SSSR count). The van der Waals surface area contributed by atoms with Crippen LogP contribution in [0.2, 0.25) is 0 Å². The number of thioether (sulfide) groups is 1. The molecule has 2 amide bonds. The molecule has 0 fully saturated rings. The molecule has 0 saturated heterocycles. The fourth-order valence-electron chi connectivity index (χ4n) is 2.21. The predicted octanol–water partition coefficient (Wildman–Crippen LogP) is 2.72. The van der Waals surface area contributed by atoms with E-state index in [2.05, 4.69) is 10.9 Å². The SMILES string of the molecule is COc1cc(CCC(=O)NNC(=O)CSc2ccccc2F)cc(OC)c1. The maximum absolute atomic E-state index is 13.5. The second-order valence-electron chi connectivity index (χ2n) is 5.54. The standard InChI is InChI=1S/C19H21FN2O4S/c1-25-14-9-13(10-15(11-14)26-2)7-8-18(23)21-22-19(24)12-27-17-6-4-3-5-16(17)20/h3-6,9-11H,7-8,12H2,1-2H3,(H,21,23)(H,22,24). The number of hydrazine groups is 1. The Bertz CT molecular complexity index is 779. The molecule has 0 atom stereocenters. The Morgan fingerprint density at radius 3 is 2.26 bits per heavy atom. The Kier molecular flexibility index (Phi) is 7.94. The topological polar surface area (TPSA) is 76.7 Å². The molecule has 0 aliphatic heterocycles. The van der Waals surface area contributed by atoms with Crippen molar-refractivity contribution in [3.63, 3.8) is 0 Å². The van der Waals surface area contributed by atoms with E-state index in [1.54, 1.807) is 38.5 Å². The molecule has 0 aromatic heterocycles. The second kappa shape index (κ2) is 10.4. The molecule has 144 valence electrons. The number of hydrogen-bond acceptors (Lipinski definition) is 5. The molecule has 2 aromatic carbocycles. The van der Waals surface area contributed by atoms with E-state index in [9.17, 15) is 14.0 Å². The minimum absolute atomic E-state index is 0.00566. The van der Waals surface area contributed by atoms with Crippen molar-refractivity contribution in [2.45, 2.75) is 17.7 Å². The zero-order valence-corrected chi connectivity index (χ0v) is 15.9. The van der Waals surface area contributed by atoms with Crippen LogP contribution in [0.4, 0.5) is 4.39 Å². The smallest absolute Gasteiger partial charge is 0.248 e. The quantitative estimate of drug-likeness (QED) is 0.534. The molecule has 0 aliphatic rings. The van der Waals surface area contributed by atoms with Crippen molar-refractivity contribution >= 4 is 23.6 Å². The Morgan fingerprint density at radius 1 is 1.00 bits per heavy atom. The third kappa shape index (κ3) is 6.82. The predicted molar refractivity (Wildman–Crippen MR) is 101 cm³/mol. The van der Waals surface area contributed by atoms with Crippen molar-refractivity contribution in [1.29, 1.82) is 0 Å². The zero-order chi connectivity index (χ0) is 19.6. The number of carbonyl (C=O) groups excluding carboxylic acids is 2. The van der Waals surface area contributed by atoms with E-state index in [1.165, 1.54) is 6.07 Å². The lowest BCUT2D eigenvalue weighted by molar-refractivity contribution is -0.127. The van der Waals surface area contributed by atoms with Crippen molar-refractivity contribution in [3.8, 4) is 11.5 Å². The zero-order valence-electron chi connectivity index (χ0n) is 15.1. The largest absolute Gasteiger partial charge is 0.497 e. The molecule has 27 heavy (non-hydrogen) atoms. The van der Waals surface area contributed by atoms with Gasteiger partial charge in [0.15, 0.2) is 0 Å². The van der Waals surface area contributed by atoms with Crippen molar-refractivity contribution in [2.75, 3.05) is 20.0 Å². The van der Waals surface area contributed by atoms with Gasteiger partial charge in [-0.1, -0.05) is 12.1 Å². The first-order valence-electron chi connectivity index (χ1n) is 8.18. The number of aryl methyl sites for hydroxylation is 1. The van der Waals surface area contributed by atoms with Gasteiger partial charge in [0.05, 0.1) is 20.0 Å². The average molecular weight is 392 g/mol. The fourth-order valence-corrected chi connectivity index (χ4v) is 2.95. The molecule has 8 heteroatoms. The number of rotatable bonds is 8. The number of amides is 2. The lowest BCUT2D eigenvalue weighted by Gasteiger charge is -2.09. The number of nitrogens with one attached hydrogen (secondary N) is 2. The van der Waals surface area contributed by atoms with Crippen LogP contribution in [0.3, 0.4) is 0 Å². The van der Waals surface area contributed by atoms with Crippen molar-refractivity contribution in [2.24, 2.45) is 0 Å². The second-order valence-corrected chi connectivity index (χ2v) is 6.55.